The summed E-state index contributed by atoms with van der Waals surface area (Å²) in [5.74, 6) is -0.290. The van der Waals surface area contributed by atoms with Gasteiger partial charge >= 0.3 is 0 Å². The van der Waals surface area contributed by atoms with E-state index in [0.717, 1.165) is 64.2 Å². The first-order chi connectivity index (χ1) is 32.8. The maximum atomic E-state index is 13.2. The summed E-state index contributed by atoms with van der Waals surface area (Å²) in [6.07, 6.45) is 3.32. The van der Waals surface area contributed by atoms with Crippen molar-refractivity contribution < 1.29 is 89.4 Å². The molecule has 1 amide bonds. The summed E-state index contributed by atoms with van der Waals surface area (Å²) >= 11 is 0. The molecule has 68 heavy (non-hydrogen) atoms. The monoisotopic (exact) mass is 980 g/mol. The number of aliphatic hydroxyl groups is 11. The topological polar surface area (TPSA) is 307 Å². The Balaban J connectivity index is 1.58. The van der Waals surface area contributed by atoms with Gasteiger partial charge in [0.2, 0.25) is 5.91 Å². The van der Waals surface area contributed by atoms with E-state index in [2.05, 4.69) is 31.3 Å². The van der Waals surface area contributed by atoms with Crippen LogP contribution in [0.1, 0.15) is 149 Å². The van der Waals surface area contributed by atoms with E-state index in [1.54, 1.807) is 6.08 Å². The molecule has 0 saturated carbocycles. The number of amides is 1. The van der Waals surface area contributed by atoms with Crippen LogP contribution in [0, 0.1) is 0 Å². The fraction of sp³-hybridized carbons (Fsp3) is 0.898. The van der Waals surface area contributed by atoms with Gasteiger partial charge in [-0.05, 0) is 44.9 Å². The molecular formula is C49H89NO18. The fourth-order valence-electron chi connectivity index (χ4n) is 8.65. The SMILES string of the molecule is CCCCC/C=C\CCCCCCCC(=O)NC(COC1OC(CO)C(OC2OC(CO)C(OC3OC(CO)C(O)C(O)C3O)C(O)C2O)C(O)C1O)C(O)/C=C/CCCCCCCCCCC. The predicted octanol–water partition coefficient (Wildman–Crippen LogP) is 1.64. The van der Waals surface area contributed by atoms with Crippen LogP contribution in [0.2, 0.25) is 0 Å². The van der Waals surface area contributed by atoms with Crippen molar-refractivity contribution in [3.05, 3.63) is 24.3 Å². The van der Waals surface area contributed by atoms with Gasteiger partial charge in [-0.3, -0.25) is 4.79 Å². The summed E-state index contributed by atoms with van der Waals surface area (Å²) < 4.78 is 34.1. The number of carbonyl (C=O) groups is 1. The van der Waals surface area contributed by atoms with Gasteiger partial charge in [-0.1, -0.05) is 122 Å². The van der Waals surface area contributed by atoms with Crippen molar-refractivity contribution in [1.29, 1.82) is 0 Å². The van der Waals surface area contributed by atoms with Gasteiger partial charge < -0.3 is 89.9 Å². The van der Waals surface area contributed by atoms with Crippen molar-refractivity contribution in [2.75, 3.05) is 26.4 Å². The Labute approximate surface area is 403 Å². The number of hydrogen-bond donors (Lipinski definition) is 12. The first-order valence-corrected chi connectivity index (χ1v) is 25.6. The molecule has 0 bridgehead atoms. The maximum Gasteiger partial charge on any atom is 0.220 e. The third kappa shape index (κ3) is 20.4. The second kappa shape index (κ2) is 34.6. The first kappa shape index (κ1) is 60.6. The predicted molar refractivity (Wildman–Crippen MR) is 250 cm³/mol. The number of carbonyl (C=O) groups excluding carboxylic acids is 1. The smallest absolute Gasteiger partial charge is 0.220 e. The second-order valence-corrected chi connectivity index (χ2v) is 18.6. The van der Waals surface area contributed by atoms with Gasteiger partial charge in [-0.15, -0.1) is 0 Å². The van der Waals surface area contributed by atoms with Gasteiger partial charge in [0, 0.05) is 6.42 Å². The molecule has 3 aliphatic heterocycles. The third-order valence-electron chi connectivity index (χ3n) is 13.0. The van der Waals surface area contributed by atoms with Gasteiger partial charge in [-0.25, -0.2) is 0 Å². The molecule has 19 heteroatoms. The Morgan fingerprint density at radius 1 is 0.515 bits per heavy atom. The quantitative estimate of drug-likeness (QED) is 0.0317. The fourth-order valence-corrected chi connectivity index (χ4v) is 8.65. The lowest BCUT2D eigenvalue weighted by molar-refractivity contribution is -0.379. The molecule has 3 fully saturated rings. The van der Waals surface area contributed by atoms with Crippen LogP contribution in [0.15, 0.2) is 24.3 Å². The molecule has 17 unspecified atom stereocenters. The summed E-state index contributed by atoms with van der Waals surface area (Å²) in [6.45, 7) is 1.62. The van der Waals surface area contributed by atoms with Crippen molar-refractivity contribution in [2.45, 2.75) is 253 Å². The van der Waals surface area contributed by atoms with Crippen LogP contribution in [-0.2, 0) is 33.2 Å². The Morgan fingerprint density at radius 3 is 1.46 bits per heavy atom. The summed E-state index contributed by atoms with van der Waals surface area (Å²) in [7, 11) is 0. The maximum absolute atomic E-state index is 13.2. The number of ether oxygens (including phenoxy) is 6. The van der Waals surface area contributed by atoms with Crippen molar-refractivity contribution >= 4 is 5.91 Å². The standard InChI is InChI=1S/C49H89NO18/c1-3-5-7-9-11-13-15-17-19-21-23-25-27-37(55)50-32(33(54)26-24-22-20-18-16-14-12-10-8-6-4-2)31-63-47-43(61)40(58)45(35(29-52)65-47)68-49-44(62)41(59)46(36(30-53)66-49)67-48-42(60)39(57)38(56)34(28-51)64-48/h11,13,24,26,32-36,38-49,51-54,56-62H,3-10,12,14-23,25,27-31H2,1-2H3,(H,50,55)/b13-11-,26-24+. The summed E-state index contributed by atoms with van der Waals surface area (Å²) in [5, 5.41) is 119. The summed E-state index contributed by atoms with van der Waals surface area (Å²) in [6, 6.07) is -0.971. The van der Waals surface area contributed by atoms with E-state index in [0.29, 0.717) is 6.42 Å². The lowest BCUT2D eigenvalue weighted by Gasteiger charge is -2.48. The Bertz CT molecular complexity index is 1360. The Morgan fingerprint density at radius 2 is 0.926 bits per heavy atom. The van der Waals surface area contributed by atoms with Crippen LogP contribution >= 0.6 is 0 Å². The zero-order valence-corrected chi connectivity index (χ0v) is 40.6. The third-order valence-corrected chi connectivity index (χ3v) is 13.0. The van der Waals surface area contributed by atoms with E-state index in [4.69, 9.17) is 28.4 Å². The minimum atomic E-state index is -1.98. The van der Waals surface area contributed by atoms with Crippen molar-refractivity contribution in [2.24, 2.45) is 0 Å². The minimum absolute atomic E-state index is 0.233. The minimum Gasteiger partial charge on any atom is -0.394 e. The van der Waals surface area contributed by atoms with E-state index < -0.39 is 124 Å². The molecule has 17 atom stereocenters. The molecule has 398 valence electrons. The highest BCUT2D eigenvalue weighted by Gasteiger charge is 2.53. The lowest BCUT2D eigenvalue weighted by atomic mass is 9.96. The molecule has 19 nitrogen and oxygen atoms in total. The number of aliphatic hydroxyl groups excluding tert-OH is 11. The summed E-state index contributed by atoms with van der Waals surface area (Å²) in [5.41, 5.74) is 0. The summed E-state index contributed by atoms with van der Waals surface area (Å²) in [4.78, 5) is 13.2. The van der Waals surface area contributed by atoms with Crippen LogP contribution in [0.3, 0.4) is 0 Å². The van der Waals surface area contributed by atoms with E-state index in [9.17, 15) is 61.0 Å². The largest absolute Gasteiger partial charge is 0.394 e. The molecule has 0 aromatic heterocycles. The van der Waals surface area contributed by atoms with Crippen LogP contribution in [0.4, 0.5) is 0 Å². The Hall–Kier alpha value is -1.73. The molecule has 0 spiro atoms. The zero-order valence-electron chi connectivity index (χ0n) is 40.6. The van der Waals surface area contributed by atoms with E-state index in [1.807, 2.05) is 6.08 Å². The van der Waals surface area contributed by atoms with Crippen molar-refractivity contribution in [1.82, 2.24) is 5.32 Å². The highest BCUT2D eigenvalue weighted by molar-refractivity contribution is 5.76. The molecule has 3 aliphatic rings. The molecule has 0 aliphatic carbocycles. The van der Waals surface area contributed by atoms with Gasteiger partial charge in [0.25, 0.3) is 0 Å². The zero-order chi connectivity index (χ0) is 49.8. The lowest BCUT2D eigenvalue weighted by Crippen LogP contribution is -2.66. The van der Waals surface area contributed by atoms with Gasteiger partial charge in [-0.2, -0.15) is 0 Å². The Kier molecular flexibility index (Phi) is 30.8. The van der Waals surface area contributed by atoms with Crippen molar-refractivity contribution in [3.8, 4) is 0 Å². The van der Waals surface area contributed by atoms with Crippen LogP contribution in [0.25, 0.3) is 0 Å². The average molecular weight is 980 g/mol. The number of nitrogens with one attached hydrogen (secondary N) is 1. The molecule has 3 saturated heterocycles. The highest BCUT2D eigenvalue weighted by atomic mass is 16.8. The second-order valence-electron chi connectivity index (χ2n) is 18.6. The van der Waals surface area contributed by atoms with Crippen LogP contribution in [0.5, 0.6) is 0 Å². The van der Waals surface area contributed by atoms with E-state index in [1.165, 1.54) is 57.8 Å². The number of unbranched alkanes of at least 4 members (excludes halogenated alkanes) is 17. The number of allylic oxidation sites excluding steroid dienone is 3. The van der Waals surface area contributed by atoms with Gasteiger partial charge in [0.1, 0.15) is 73.2 Å². The van der Waals surface area contributed by atoms with E-state index >= 15 is 0 Å². The normalized spacial score (nSPS) is 33.3. The highest BCUT2D eigenvalue weighted by Crippen LogP contribution is 2.33. The first-order valence-electron chi connectivity index (χ1n) is 25.6. The number of hydrogen-bond acceptors (Lipinski definition) is 18. The molecule has 12 N–H and O–H groups in total. The van der Waals surface area contributed by atoms with Crippen LogP contribution < -0.4 is 5.32 Å². The molecular weight excluding hydrogens is 891 g/mol. The van der Waals surface area contributed by atoms with E-state index in [-0.39, 0.29) is 18.9 Å². The molecule has 0 aromatic rings. The number of rotatable bonds is 35. The molecule has 3 rings (SSSR count). The van der Waals surface area contributed by atoms with Crippen molar-refractivity contribution in [3.63, 3.8) is 0 Å². The molecule has 0 radical (unpaired) electrons. The van der Waals surface area contributed by atoms with Gasteiger partial charge in [0.15, 0.2) is 18.9 Å². The van der Waals surface area contributed by atoms with Gasteiger partial charge in [0.05, 0.1) is 38.6 Å². The average Bonchev–Trinajstić information content (AvgIpc) is 3.33. The molecule has 3 heterocycles. The van der Waals surface area contributed by atoms with Crippen LogP contribution in [-0.4, -0.2) is 193 Å². The molecule has 0 aromatic carbocycles.